The first-order valence-corrected chi connectivity index (χ1v) is 6.43. The predicted molar refractivity (Wildman–Crippen MR) is 71.8 cm³/mol. The highest BCUT2D eigenvalue weighted by Crippen LogP contribution is 2.15. The molecular formula is C14H21FN2O2. The minimum Gasteiger partial charge on any atom is -0.386 e. The SMILES string of the molecule is CCC(C)C(N)C(=O)NCC(O)c1ccccc1F. The van der Waals surface area contributed by atoms with Gasteiger partial charge in [0.05, 0.1) is 12.1 Å². The van der Waals surface area contributed by atoms with E-state index in [9.17, 15) is 14.3 Å². The van der Waals surface area contributed by atoms with Crippen molar-refractivity contribution >= 4 is 5.91 Å². The van der Waals surface area contributed by atoms with Crippen molar-refractivity contribution in [3.05, 3.63) is 35.6 Å². The van der Waals surface area contributed by atoms with Crippen LogP contribution in [-0.2, 0) is 4.79 Å². The molecule has 0 saturated heterocycles. The summed E-state index contributed by atoms with van der Waals surface area (Å²) in [6.07, 6.45) is -0.279. The van der Waals surface area contributed by atoms with Gasteiger partial charge in [0.15, 0.2) is 0 Å². The van der Waals surface area contributed by atoms with Crippen LogP contribution < -0.4 is 11.1 Å². The fraction of sp³-hybridized carbons (Fsp3) is 0.500. The number of rotatable bonds is 6. The molecule has 0 aliphatic heterocycles. The van der Waals surface area contributed by atoms with Crippen LogP contribution in [0.15, 0.2) is 24.3 Å². The lowest BCUT2D eigenvalue weighted by atomic mass is 9.99. The summed E-state index contributed by atoms with van der Waals surface area (Å²) in [4.78, 5) is 11.7. The summed E-state index contributed by atoms with van der Waals surface area (Å²) in [7, 11) is 0. The second-order valence-corrected chi connectivity index (χ2v) is 4.69. The predicted octanol–water partition coefficient (Wildman–Crippen LogP) is 1.35. The number of hydrogen-bond donors (Lipinski definition) is 3. The molecule has 3 atom stereocenters. The van der Waals surface area contributed by atoms with Gasteiger partial charge in [0.25, 0.3) is 0 Å². The summed E-state index contributed by atoms with van der Waals surface area (Å²) < 4.78 is 13.4. The van der Waals surface area contributed by atoms with Gasteiger partial charge in [0, 0.05) is 12.1 Å². The van der Waals surface area contributed by atoms with Crippen molar-refractivity contribution in [2.75, 3.05) is 6.54 Å². The number of aliphatic hydroxyl groups is 1. The summed E-state index contributed by atoms with van der Waals surface area (Å²) in [5.74, 6) is -0.759. The molecule has 0 aliphatic rings. The highest BCUT2D eigenvalue weighted by molar-refractivity contribution is 5.81. The molecule has 5 heteroatoms. The maximum Gasteiger partial charge on any atom is 0.237 e. The first kappa shape index (κ1) is 15.6. The number of aliphatic hydroxyl groups excluding tert-OH is 1. The third kappa shape index (κ3) is 4.29. The Morgan fingerprint density at radius 2 is 2.11 bits per heavy atom. The zero-order valence-electron chi connectivity index (χ0n) is 11.3. The number of benzene rings is 1. The van der Waals surface area contributed by atoms with E-state index in [1.54, 1.807) is 12.1 Å². The standard InChI is InChI=1S/C14H21FN2O2/c1-3-9(2)13(16)14(19)17-8-12(18)10-6-4-5-7-11(10)15/h4-7,9,12-13,18H,3,8,16H2,1-2H3,(H,17,19). The Kier molecular flexibility index (Phi) is 5.92. The van der Waals surface area contributed by atoms with Crippen molar-refractivity contribution in [2.24, 2.45) is 11.7 Å². The largest absolute Gasteiger partial charge is 0.386 e. The van der Waals surface area contributed by atoms with Crippen molar-refractivity contribution in [1.82, 2.24) is 5.32 Å². The molecule has 0 saturated carbocycles. The highest BCUT2D eigenvalue weighted by Gasteiger charge is 2.20. The molecule has 0 aliphatic carbocycles. The van der Waals surface area contributed by atoms with E-state index in [0.717, 1.165) is 6.42 Å². The maximum absolute atomic E-state index is 13.4. The molecule has 0 spiro atoms. The molecule has 0 heterocycles. The molecule has 0 aromatic heterocycles. The quantitative estimate of drug-likeness (QED) is 0.729. The molecule has 0 fully saturated rings. The zero-order chi connectivity index (χ0) is 14.4. The van der Waals surface area contributed by atoms with E-state index in [1.807, 2.05) is 13.8 Å². The molecule has 19 heavy (non-hydrogen) atoms. The van der Waals surface area contributed by atoms with Gasteiger partial charge in [-0.2, -0.15) is 0 Å². The van der Waals surface area contributed by atoms with Crippen LogP contribution in [-0.4, -0.2) is 23.6 Å². The average Bonchev–Trinajstić information content (AvgIpc) is 2.43. The average molecular weight is 268 g/mol. The molecule has 0 bridgehead atoms. The van der Waals surface area contributed by atoms with Gasteiger partial charge in [-0.05, 0) is 12.0 Å². The van der Waals surface area contributed by atoms with Crippen LogP contribution in [0.25, 0.3) is 0 Å². The van der Waals surface area contributed by atoms with Crippen LogP contribution in [0.4, 0.5) is 4.39 Å². The van der Waals surface area contributed by atoms with E-state index in [2.05, 4.69) is 5.32 Å². The Balaban J connectivity index is 2.53. The number of amides is 1. The number of hydrogen-bond acceptors (Lipinski definition) is 3. The second-order valence-electron chi connectivity index (χ2n) is 4.69. The van der Waals surface area contributed by atoms with Gasteiger partial charge < -0.3 is 16.2 Å². The van der Waals surface area contributed by atoms with Gasteiger partial charge in [0.2, 0.25) is 5.91 Å². The van der Waals surface area contributed by atoms with Gasteiger partial charge in [0.1, 0.15) is 5.82 Å². The Hall–Kier alpha value is -1.46. The summed E-state index contributed by atoms with van der Waals surface area (Å²) in [6.45, 7) is 3.79. The van der Waals surface area contributed by atoms with Gasteiger partial charge in [-0.25, -0.2) is 4.39 Å². The first-order chi connectivity index (χ1) is 8.97. The summed E-state index contributed by atoms with van der Waals surface area (Å²) >= 11 is 0. The number of halogens is 1. The highest BCUT2D eigenvalue weighted by atomic mass is 19.1. The van der Waals surface area contributed by atoms with Crippen LogP contribution in [0.5, 0.6) is 0 Å². The fourth-order valence-corrected chi connectivity index (χ4v) is 1.68. The van der Waals surface area contributed by atoms with E-state index in [1.165, 1.54) is 12.1 Å². The molecule has 1 rings (SSSR count). The molecule has 1 aromatic rings. The van der Waals surface area contributed by atoms with Crippen molar-refractivity contribution in [2.45, 2.75) is 32.4 Å². The van der Waals surface area contributed by atoms with E-state index in [-0.39, 0.29) is 23.9 Å². The minimum absolute atomic E-state index is 0.0517. The number of nitrogens with two attached hydrogens (primary N) is 1. The number of carbonyl (C=O) groups excluding carboxylic acids is 1. The summed E-state index contributed by atoms with van der Waals surface area (Å²) in [6, 6.07) is 5.32. The van der Waals surface area contributed by atoms with Crippen molar-refractivity contribution < 1.29 is 14.3 Å². The van der Waals surface area contributed by atoms with E-state index in [4.69, 9.17) is 5.73 Å². The monoisotopic (exact) mass is 268 g/mol. The number of carbonyl (C=O) groups is 1. The fourth-order valence-electron chi connectivity index (χ4n) is 1.68. The molecule has 1 aromatic carbocycles. The molecule has 106 valence electrons. The third-order valence-electron chi connectivity index (χ3n) is 3.29. The smallest absolute Gasteiger partial charge is 0.237 e. The first-order valence-electron chi connectivity index (χ1n) is 6.43. The van der Waals surface area contributed by atoms with Gasteiger partial charge in [-0.3, -0.25) is 4.79 Å². The summed E-state index contributed by atoms with van der Waals surface area (Å²) in [5, 5.41) is 12.4. The number of nitrogens with one attached hydrogen (secondary N) is 1. The third-order valence-corrected chi connectivity index (χ3v) is 3.29. The van der Waals surface area contributed by atoms with Crippen LogP contribution in [0.2, 0.25) is 0 Å². The Bertz CT molecular complexity index is 426. The van der Waals surface area contributed by atoms with Crippen LogP contribution >= 0.6 is 0 Å². The minimum atomic E-state index is -1.07. The molecular weight excluding hydrogens is 247 g/mol. The second kappa shape index (κ2) is 7.21. The molecule has 3 unspecified atom stereocenters. The van der Waals surface area contributed by atoms with Gasteiger partial charge >= 0.3 is 0 Å². The Morgan fingerprint density at radius 3 is 2.68 bits per heavy atom. The van der Waals surface area contributed by atoms with Crippen molar-refractivity contribution in [3.8, 4) is 0 Å². The summed E-state index contributed by atoms with van der Waals surface area (Å²) in [5.41, 5.74) is 5.92. The van der Waals surface area contributed by atoms with Crippen LogP contribution in [0.3, 0.4) is 0 Å². The van der Waals surface area contributed by atoms with Gasteiger partial charge in [-0.1, -0.05) is 38.5 Å². The molecule has 0 radical (unpaired) electrons. The van der Waals surface area contributed by atoms with Gasteiger partial charge in [-0.15, -0.1) is 0 Å². The van der Waals surface area contributed by atoms with Crippen LogP contribution in [0.1, 0.15) is 31.9 Å². The topological polar surface area (TPSA) is 75.4 Å². The lowest BCUT2D eigenvalue weighted by molar-refractivity contribution is -0.123. The van der Waals surface area contributed by atoms with E-state index in [0.29, 0.717) is 0 Å². The Labute approximate surface area is 112 Å². The zero-order valence-corrected chi connectivity index (χ0v) is 11.3. The lowest BCUT2D eigenvalue weighted by Crippen LogP contribution is -2.45. The molecule has 4 N–H and O–H groups in total. The maximum atomic E-state index is 13.4. The van der Waals surface area contributed by atoms with Crippen molar-refractivity contribution in [1.29, 1.82) is 0 Å². The lowest BCUT2D eigenvalue weighted by Gasteiger charge is -2.19. The van der Waals surface area contributed by atoms with Crippen LogP contribution in [0, 0.1) is 11.7 Å². The normalized spacial score (nSPS) is 15.6. The van der Waals surface area contributed by atoms with E-state index >= 15 is 0 Å². The van der Waals surface area contributed by atoms with Crippen molar-refractivity contribution in [3.63, 3.8) is 0 Å². The van der Waals surface area contributed by atoms with E-state index < -0.39 is 18.0 Å². The molecule has 4 nitrogen and oxygen atoms in total. The molecule has 1 amide bonds. The Morgan fingerprint density at radius 1 is 1.47 bits per heavy atom.